The van der Waals surface area contributed by atoms with Gasteiger partial charge in [0.25, 0.3) is 0 Å². The molecule has 0 radical (unpaired) electrons. The van der Waals surface area contributed by atoms with Gasteiger partial charge < -0.3 is 9.47 Å². The quantitative estimate of drug-likeness (QED) is 0.456. The molecule has 0 saturated heterocycles. The molecule has 0 spiro atoms. The Balaban J connectivity index is 2.00. The van der Waals surface area contributed by atoms with Gasteiger partial charge in [0, 0.05) is 10.9 Å². The number of aromatic nitrogens is 1. The lowest BCUT2D eigenvalue weighted by atomic mass is 10.2. The van der Waals surface area contributed by atoms with Crippen molar-refractivity contribution in [3.05, 3.63) is 76.9 Å². The molecule has 1 heterocycles. The summed E-state index contributed by atoms with van der Waals surface area (Å²) in [5, 5.41) is 6.72. The van der Waals surface area contributed by atoms with Crippen LogP contribution in [-0.2, 0) is 0 Å². The first-order chi connectivity index (χ1) is 13.2. The molecule has 0 N–H and O–H groups in total. The molecule has 0 bridgehead atoms. The first kappa shape index (κ1) is 18.7. The summed E-state index contributed by atoms with van der Waals surface area (Å²) in [4.78, 5) is 5.36. The van der Waals surface area contributed by atoms with E-state index in [1.807, 2.05) is 59.4 Å². The maximum atomic E-state index is 5.24. The average molecular weight is 379 g/mol. The molecule has 0 aliphatic rings. The Bertz CT molecular complexity index is 984. The van der Waals surface area contributed by atoms with E-state index in [2.05, 4.69) is 22.1 Å². The highest BCUT2D eigenvalue weighted by molar-refractivity contribution is 7.07. The van der Waals surface area contributed by atoms with Gasteiger partial charge in [0.05, 0.1) is 32.7 Å². The molecule has 138 valence electrons. The van der Waals surface area contributed by atoms with Gasteiger partial charge in [0.2, 0.25) is 4.80 Å². The zero-order valence-electron chi connectivity index (χ0n) is 15.3. The van der Waals surface area contributed by atoms with Crippen LogP contribution in [0.25, 0.3) is 11.3 Å². The molecule has 6 heteroatoms. The monoisotopic (exact) mass is 379 g/mol. The summed E-state index contributed by atoms with van der Waals surface area (Å²) in [5.74, 6) is 1.63. The Labute approximate surface area is 162 Å². The fraction of sp³-hybridized carbons (Fsp3) is 0.143. The van der Waals surface area contributed by atoms with E-state index < -0.39 is 0 Å². The van der Waals surface area contributed by atoms with Crippen LogP contribution in [0.2, 0.25) is 0 Å². The molecule has 0 atom stereocenters. The molecule has 0 fully saturated rings. The topological polar surface area (TPSA) is 48.1 Å². The van der Waals surface area contributed by atoms with Gasteiger partial charge in [-0.05, 0) is 54.1 Å². The van der Waals surface area contributed by atoms with Crippen molar-refractivity contribution in [2.75, 3.05) is 20.8 Å². The van der Waals surface area contributed by atoms with Crippen LogP contribution in [0.1, 0.15) is 5.56 Å². The molecule has 0 amide bonds. The van der Waals surface area contributed by atoms with Crippen molar-refractivity contribution in [3.63, 3.8) is 0 Å². The van der Waals surface area contributed by atoms with Crippen LogP contribution in [-0.4, -0.2) is 31.7 Å². The van der Waals surface area contributed by atoms with Crippen LogP contribution < -0.4 is 14.3 Å². The van der Waals surface area contributed by atoms with E-state index in [-0.39, 0.29) is 0 Å². The zero-order valence-corrected chi connectivity index (χ0v) is 16.1. The number of hydrogen-bond acceptors (Lipinski definition) is 5. The SMILES string of the molecule is C=CCN=c1scc(-c2ccc(OC)cc2)n1N=Cc1ccc(OC)cc1. The summed E-state index contributed by atoms with van der Waals surface area (Å²) < 4.78 is 12.3. The summed E-state index contributed by atoms with van der Waals surface area (Å²) in [7, 11) is 3.31. The third kappa shape index (κ3) is 4.54. The second-order valence-electron chi connectivity index (χ2n) is 5.59. The van der Waals surface area contributed by atoms with Gasteiger partial charge in [-0.1, -0.05) is 6.08 Å². The molecule has 3 aromatic rings. The summed E-state index contributed by atoms with van der Waals surface area (Å²) in [6.07, 6.45) is 3.58. The van der Waals surface area contributed by atoms with E-state index >= 15 is 0 Å². The molecular formula is C21H21N3O2S. The van der Waals surface area contributed by atoms with Gasteiger partial charge in [-0.25, -0.2) is 4.68 Å². The van der Waals surface area contributed by atoms with E-state index in [4.69, 9.17) is 9.47 Å². The minimum absolute atomic E-state index is 0.542. The van der Waals surface area contributed by atoms with Crippen molar-refractivity contribution >= 4 is 17.6 Å². The third-order valence-corrected chi connectivity index (χ3v) is 4.72. The molecule has 2 aromatic carbocycles. The van der Waals surface area contributed by atoms with Gasteiger partial charge in [0.15, 0.2) is 0 Å². The van der Waals surface area contributed by atoms with Crippen molar-refractivity contribution in [3.8, 4) is 22.8 Å². The second-order valence-corrected chi connectivity index (χ2v) is 6.43. The first-order valence-electron chi connectivity index (χ1n) is 8.40. The predicted molar refractivity (Wildman–Crippen MR) is 111 cm³/mol. The Morgan fingerprint density at radius 1 is 1.00 bits per heavy atom. The van der Waals surface area contributed by atoms with Gasteiger partial charge >= 0.3 is 0 Å². The van der Waals surface area contributed by atoms with E-state index in [1.54, 1.807) is 31.6 Å². The largest absolute Gasteiger partial charge is 0.497 e. The summed E-state index contributed by atoms with van der Waals surface area (Å²) in [5.41, 5.74) is 2.99. The molecule has 0 saturated carbocycles. The summed E-state index contributed by atoms with van der Waals surface area (Å²) in [6, 6.07) is 15.6. The first-order valence-corrected chi connectivity index (χ1v) is 9.28. The van der Waals surface area contributed by atoms with Crippen molar-refractivity contribution in [1.82, 2.24) is 4.68 Å². The van der Waals surface area contributed by atoms with E-state index in [9.17, 15) is 0 Å². The fourth-order valence-electron chi connectivity index (χ4n) is 2.44. The molecular weight excluding hydrogens is 358 g/mol. The van der Waals surface area contributed by atoms with Crippen molar-refractivity contribution in [2.45, 2.75) is 0 Å². The van der Waals surface area contributed by atoms with Gasteiger partial charge in [-0.15, -0.1) is 17.9 Å². The molecule has 0 aliphatic heterocycles. The Morgan fingerprint density at radius 3 is 2.22 bits per heavy atom. The molecule has 1 aromatic heterocycles. The van der Waals surface area contributed by atoms with E-state index in [1.165, 1.54) is 0 Å². The summed E-state index contributed by atoms with van der Waals surface area (Å²) >= 11 is 1.55. The van der Waals surface area contributed by atoms with Crippen LogP contribution in [0, 0.1) is 0 Å². The lowest BCUT2D eigenvalue weighted by molar-refractivity contribution is 0.414. The molecule has 0 aliphatic carbocycles. The van der Waals surface area contributed by atoms with Crippen LogP contribution in [0.3, 0.4) is 0 Å². The van der Waals surface area contributed by atoms with E-state index in [0.717, 1.165) is 33.1 Å². The Morgan fingerprint density at radius 2 is 1.63 bits per heavy atom. The second kappa shape index (κ2) is 9.00. The smallest absolute Gasteiger partial charge is 0.206 e. The number of ether oxygens (including phenoxy) is 2. The lowest BCUT2D eigenvalue weighted by Crippen LogP contribution is -2.12. The highest BCUT2D eigenvalue weighted by Gasteiger charge is 2.07. The number of thiazole rings is 1. The number of methoxy groups -OCH3 is 2. The fourth-order valence-corrected chi connectivity index (χ4v) is 3.28. The van der Waals surface area contributed by atoms with Crippen molar-refractivity contribution in [2.24, 2.45) is 10.1 Å². The third-order valence-electron chi connectivity index (χ3n) is 3.86. The zero-order chi connectivity index (χ0) is 19.1. The number of hydrogen-bond donors (Lipinski definition) is 0. The maximum absolute atomic E-state index is 5.24. The standard InChI is InChI=1S/C21H21N3O2S/c1-4-13-22-21-24(23-14-16-5-9-18(25-2)10-6-16)20(15-27-21)17-7-11-19(26-3)12-8-17/h4-12,14-15H,1,13H2,2-3H3. The normalized spacial score (nSPS) is 11.7. The highest BCUT2D eigenvalue weighted by atomic mass is 32.1. The van der Waals surface area contributed by atoms with Crippen LogP contribution >= 0.6 is 11.3 Å². The van der Waals surface area contributed by atoms with Crippen LogP contribution in [0.5, 0.6) is 11.5 Å². The minimum atomic E-state index is 0.542. The van der Waals surface area contributed by atoms with Gasteiger partial charge in [-0.2, -0.15) is 5.10 Å². The molecule has 27 heavy (non-hydrogen) atoms. The molecule has 0 unspecified atom stereocenters. The van der Waals surface area contributed by atoms with Crippen LogP contribution in [0.4, 0.5) is 0 Å². The average Bonchev–Trinajstić information content (AvgIpc) is 3.13. The number of nitrogens with zero attached hydrogens (tertiary/aromatic N) is 3. The molecule has 5 nitrogen and oxygen atoms in total. The van der Waals surface area contributed by atoms with E-state index in [0.29, 0.717) is 6.54 Å². The van der Waals surface area contributed by atoms with Crippen molar-refractivity contribution in [1.29, 1.82) is 0 Å². The van der Waals surface area contributed by atoms with Crippen LogP contribution in [0.15, 0.2) is 76.7 Å². The number of benzene rings is 2. The summed E-state index contributed by atoms with van der Waals surface area (Å²) in [6.45, 7) is 4.28. The van der Waals surface area contributed by atoms with Crippen molar-refractivity contribution < 1.29 is 9.47 Å². The van der Waals surface area contributed by atoms with Gasteiger partial charge in [-0.3, -0.25) is 4.99 Å². The minimum Gasteiger partial charge on any atom is -0.497 e. The maximum Gasteiger partial charge on any atom is 0.206 e. The lowest BCUT2D eigenvalue weighted by Gasteiger charge is -2.05. The number of rotatable bonds is 7. The Kier molecular flexibility index (Phi) is 6.22. The Hall–Kier alpha value is -3.12. The molecule has 3 rings (SSSR count). The van der Waals surface area contributed by atoms with Gasteiger partial charge in [0.1, 0.15) is 11.5 Å². The highest BCUT2D eigenvalue weighted by Crippen LogP contribution is 2.23. The predicted octanol–water partition coefficient (Wildman–Crippen LogP) is 4.20.